The van der Waals surface area contributed by atoms with E-state index >= 15 is 0 Å². The minimum Gasteiger partial charge on any atom is -0.337 e. The zero-order valence-electron chi connectivity index (χ0n) is 16.1. The number of amides is 1. The standard InChI is InChI=1S/C19H20ClN3O5S/c1-12-8-14-9-13(4-7-18(14)22(12)29(3,27)28)19(24)21(2)11-15-10-16(23(25)26)5-6-17(15)20/h4-7,9-10,12H,8,11H2,1-3H3/t12-/m0/s1. The van der Waals surface area contributed by atoms with Gasteiger partial charge < -0.3 is 4.90 Å². The number of fused-ring (bicyclic) bond motifs is 1. The Morgan fingerprint density at radius 3 is 2.62 bits per heavy atom. The quantitative estimate of drug-likeness (QED) is 0.528. The van der Waals surface area contributed by atoms with E-state index in [9.17, 15) is 23.3 Å². The van der Waals surface area contributed by atoms with Crippen LogP contribution in [0, 0.1) is 10.1 Å². The third-order valence-corrected chi connectivity index (χ3v) is 6.47. The van der Waals surface area contributed by atoms with E-state index < -0.39 is 14.9 Å². The zero-order chi connectivity index (χ0) is 21.5. The SMILES string of the molecule is C[C@H]1Cc2cc(C(=O)N(C)Cc3cc([N+](=O)[O-])ccc3Cl)ccc2N1S(C)(=O)=O. The third-order valence-electron chi connectivity index (χ3n) is 4.83. The molecule has 0 bridgehead atoms. The van der Waals surface area contributed by atoms with Gasteiger partial charge in [-0.2, -0.15) is 0 Å². The monoisotopic (exact) mass is 437 g/mol. The van der Waals surface area contributed by atoms with Gasteiger partial charge in [0.05, 0.1) is 16.9 Å². The number of benzene rings is 2. The highest BCUT2D eigenvalue weighted by Gasteiger charge is 2.33. The molecule has 0 unspecified atom stereocenters. The highest BCUT2D eigenvalue weighted by molar-refractivity contribution is 7.92. The Labute approximate surface area is 173 Å². The normalized spacial score (nSPS) is 15.9. The van der Waals surface area contributed by atoms with Crippen molar-refractivity contribution in [2.45, 2.75) is 25.9 Å². The number of nitro groups is 1. The van der Waals surface area contributed by atoms with Crippen LogP contribution in [0.1, 0.15) is 28.4 Å². The maximum absolute atomic E-state index is 12.9. The molecule has 0 fully saturated rings. The van der Waals surface area contributed by atoms with Crippen LogP contribution in [0.5, 0.6) is 0 Å². The van der Waals surface area contributed by atoms with Crippen molar-refractivity contribution in [3.63, 3.8) is 0 Å². The van der Waals surface area contributed by atoms with Crippen molar-refractivity contribution < 1.29 is 18.1 Å². The van der Waals surface area contributed by atoms with Gasteiger partial charge in [0.25, 0.3) is 11.6 Å². The van der Waals surface area contributed by atoms with Crippen molar-refractivity contribution in [3.8, 4) is 0 Å². The number of rotatable bonds is 5. The summed E-state index contributed by atoms with van der Waals surface area (Å²) in [5.41, 5.74) is 2.15. The van der Waals surface area contributed by atoms with Crippen molar-refractivity contribution in [1.29, 1.82) is 0 Å². The molecule has 0 spiro atoms. The average Bonchev–Trinajstić information content (AvgIpc) is 2.97. The minimum absolute atomic E-state index is 0.0994. The van der Waals surface area contributed by atoms with Crippen LogP contribution in [0.25, 0.3) is 0 Å². The second-order valence-electron chi connectivity index (χ2n) is 7.15. The van der Waals surface area contributed by atoms with E-state index in [1.54, 1.807) is 25.2 Å². The molecule has 10 heteroatoms. The number of nitrogens with zero attached hydrogens (tertiary/aromatic N) is 3. The first-order valence-corrected chi connectivity index (χ1v) is 11.0. The molecule has 1 aliphatic heterocycles. The molecule has 0 N–H and O–H groups in total. The topological polar surface area (TPSA) is 101 Å². The van der Waals surface area contributed by atoms with Gasteiger partial charge in [-0.25, -0.2) is 8.42 Å². The summed E-state index contributed by atoms with van der Waals surface area (Å²) in [5, 5.41) is 11.3. The van der Waals surface area contributed by atoms with E-state index in [0.717, 1.165) is 11.8 Å². The fraction of sp³-hybridized carbons (Fsp3) is 0.316. The number of carbonyl (C=O) groups is 1. The van der Waals surface area contributed by atoms with Crippen LogP contribution in [-0.2, 0) is 23.0 Å². The van der Waals surface area contributed by atoms with E-state index in [1.807, 2.05) is 6.92 Å². The second-order valence-corrected chi connectivity index (χ2v) is 9.42. The number of nitro benzene ring substituents is 1. The van der Waals surface area contributed by atoms with E-state index in [1.165, 1.54) is 27.4 Å². The molecule has 1 amide bonds. The van der Waals surface area contributed by atoms with Gasteiger partial charge in [-0.3, -0.25) is 19.2 Å². The molecule has 0 radical (unpaired) electrons. The van der Waals surface area contributed by atoms with Gasteiger partial charge in [-0.1, -0.05) is 11.6 Å². The Hall–Kier alpha value is -2.65. The van der Waals surface area contributed by atoms with Crippen LogP contribution in [0.2, 0.25) is 5.02 Å². The summed E-state index contributed by atoms with van der Waals surface area (Å²) >= 11 is 6.12. The molecule has 1 aliphatic rings. The molecular formula is C19H20ClN3O5S. The van der Waals surface area contributed by atoms with E-state index in [0.29, 0.717) is 28.3 Å². The van der Waals surface area contributed by atoms with Gasteiger partial charge in [0, 0.05) is 42.4 Å². The molecule has 154 valence electrons. The first-order valence-electron chi connectivity index (χ1n) is 8.79. The van der Waals surface area contributed by atoms with Gasteiger partial charge in [-0.05, 0) is 48.7 Å². The van der Waals surface area contributed by atoms with Gasteiger partial charge in [-0.15, -0.1) is 0 Å². The predicted octanol–water partition coefficient (Wildman–Crippen LogP) is 3.23. The minimum atomic E-state index is -3.40. The Morgan fingerprint density at radius 1 is 1.31 bits per heavy atom. The van der Waals surface area contributed by atoms with Crippen molar-refractivity contribution in [3.05, 3.63) is 68.2 Å². The molecule has 0 aromatic heterocycles. The molecule has 0 aliphatic carbocycles. The molecular weight excluding hydrogens is 418 g/mol. The molecule has 2 aromatic rings. The smallest absolute Gasteiger partial charge is 0.269 e. The Bertz CT molecular complexity index is 1100. The molecule has 29 heavy (non-hydrogen) atoms. The summed E-state index contributed by atoms with van der Waals surface area (Å²) in [7, 11) is -1.82. The number of carbonyl (C=O) groups excluding carboxylic acids is 1. The largest absolute Gasteiger partial charge is 0.337 e. The first kappa shape index (κ1) is 21.1. The van der Waals surface area contributed by atoms with E-state index in [-0.39, 0.29) is 24.2 Å². The van der Waals surface area contributed by atoms with Crippen LogP contribution < -0.4 is 4.31 Å². The van der Waals surface area contributed by atoms with Crippen molar-refractivity contribution >= 4 is 38.9 Å². The van der Waals surface area contributed by atoms with Gasteiger partial charge in [0.1, 0.15) is 0 Å². The van der Waals surface area contributed by atoms with Crippen LogP contribution in [0.3, 0.4) is 0 Å². The Morgan fingerprint density at radius 2 is 2.00 bits per heavy atom. The van der Waals surface area contributed by atoms with E-state index in [4.69, 9.17) is 11.6 Å². The summed E-state index contributed by atoms with van der Waals surface area (Å²) in [6.07, 6.45) is 1.68. The molecule has 0 saturated carbocycles. The summed E-state index contributed by atoms with van der Waals surface area (Å²) in [6, 6.07) is 8.80. The molecule has 2 aromatic carbocycles. The summed E-state index contributed by atoms with van der Waals surface area (Å²) < 4.78 is 25.4. The number of sulfonamides is 1. The predicted molar refractivity (Wildman–Crippen MR) is 111 cm³/mol. The number of non-ortho nitro benzene ring substituents is 1. The van der Waals surface area contributed by atoms with Crippen LogP contribution in [0.15, 0.2) is 36.4 Å². The van der Waals surface area contributed by atoms with Crippen molar-refractivity contribution in [2.75, 3.05) is 17.6 Å². The second kappa shape index (κ2) is 7.64. The number of hydrogen-bond acceptors (Lipinski definition) is 5. The summed E-state index contributed by atoms with van der Waals surface area (Å²) in [4.78, 5) is 24.7. The number of halogens is 1. The number of anilines is 1. The molecule has 0 saturated heterocycles. The van der Waals surface area contributed by atoms with E-state index in [2.05, 4.69) is 0 Å². The van der Waals surface area contributed by atoms with Crippen LogP contribution >= 0.6 is 11.6 Å². The fourth-order valence-electron chi connectivity index (χ4n) is 3.58. The zero-order valence-corrected chi connectivity index (χ0v) is 17.7. The van der Waals surface area contributed by atoms with Crippen molar-refractivity contribution in [1.82, 2.24) is 4.90 Å². The Kier molecular flexibility index (Phi) is 5.55. The summed E-state index contributed by atoms with van der Waals surface area (Å²) in [6.45, 7) is 1.92. The maximum Gasteiger partial charge on any atom is 0.269 e. The molecule has 1 heterocycles. The van der Waals surface area contributed by atoms with Gasteiger partial charge in [0.2, 0.25) is 10.0 Å². The fourth-order valence-corrected chi connectivity index (χ4v) is 5.03. The summed E-state index contributed by atoms with van der Waals surface area (Å²) in [5.74, 6) is -0.291. The Balaban J connectivity index is 1.84. The average molecular weight is 438 g/mol. The highest BCUT2D eigenvalue weighted by atomic mass is 35.5. The molecule has 8 nitrogen and oxygen atoms in total. The molecule has 1 atom stereocenters. The first-order chi connectivity index (χ1) is 13.5. The highest BCUT2D eigenvalue weighted by Crippen LogP contribution is 2.35. The lowest BCUT2D eigenvalue weighted by Crippen LogP contribution is -2.34. The van der Waals surface area contributed by atoms with Gasteiger partial charge >= 0.3 is 0 Å². The van der Waals surface area contributed by atoms with Crippen molar-refractivity contribution in [2.24, 2.45) is 0 Å². The van der Waals surface area contributed by atoms with Gasteiger partial charge in [0.15, 0.2) is 0 Å². The van der Waals surface area contributed by atoms with Crippen LogP contribution in [0.4, 0.5) is 11.4 Å². The third kappa shape index (κ3) is 4.20. The van der Waals surface area contributed by atoms with Crippen LogP contribution in [-0.4, -0.2) is 43.5 Å². The lowest BCUT2D eigenvalue weighted by Gasteiger charge is -2.22. The lowest BCUT2D eigenvalue weighted by atomic mass is 10.1. The molecule has 3 rings (SSSR count). The maximum atomic E-state index is 12.9. The lowest BCUT2D eigenvalue weighted by molar-refractivity contribution is -0.384. The number of hydrogen-bond donors (Lipinski definition) is 0.